The number of hydrogen-bond donors (Lipinski definition) is 2. The summed E-state index contributed by atoms with van der Waals surface area (Å²) in [5.41, 5.74) is 1.87. The molecule has 0 saturated carbocycles. The van der Waals surface area contributed by atoms with Crippen LogP contribution >= 0.6 is 11.8 Å². The predicted molar refractivity (Wildman–Crippen MR) is 97.6 cm³/mol. The fraction of sp³-hybridized carbons (Fsp3) is 0.176. The van der Waals surface area contributed by atoms with Gasteiger partial charge >= 0.3 is 0 Å². The van der Waals surface area contributed by atoms with Gasteiger partial charge in [0.1, 0.15) is 17.4 Å². The van der Waals surface area contributed by atoms with E-state index in [9.17, 15) is 10.1 Å². The number of carbonyl (C=O) groups is 1. The first-order valence-corrected chi connectivity index (χ1v) is 8.31. The number of aromatic nitrogens is 1. The summed E-state index contributed by atoms with van der Waals surface area (Å²) < 4.78 is 5.83. The fourth-order valence-electron chi connectivity index (χ4n) is 2.36. The van der Waals surface area contributed by atoms with Crippen LogP contribution in [0.5, 0.6) is 5.75 Å². The number of rotatable bonds is 3. The quantitative estimate of drug-likeness (QED) is 0.497. The molecule has 0 unspecified atom stereocenters. The first-order valence-electron chi connectivity index (χ1n) is 7.50. The van der Waals surface area contributed by atoms with Gasteiger partial charge in [-0.05, 0) is 49.4 Å². The Balaban J connectivity index is 2.10. The number of fused-ring (bicyclic) bond motifs is 1. The van der Waals surface area contributed by atoms with Crippen LogP contribution in [0.25, 0.3) is 17.0 Å². The minimum atomic E-state index is -0.253. The molecule has 2 heterocycles. The summed E-state index contributed by atoms with van der Waals surface area (Å²) in [4.78, 5) is 16.7. The minimum Gasteiger partial charge on any atom is -0.489 e. The normalized spacial score (nSPS) is 17.3. The van der Waals surface area contributed by atoms with Crippen molar-refractivity contribution in [3.05, 3.63) is 40.4 Å². The molecule has 0 radical (unpaired) electrons. The second-order valence-corrected chi connectivity index (χ2v) is 6.59. The number of nitrogens with zero attached hydrogens (tertiary/aromatic N) is 3. The molecule has 2 aromatic rings. The maximum Gasteiger partial charge on any atom is 0.264 e. The molecule has 1 aliphatic heterocycles. The zero-order valence-corrected chi connectivity index (χ0v) is 14.4. The molecule has 0 spiro atoms. The number of nitrogens with one attached hydrogen (secondary N) is 1. The number of nitriles is 1. The van der Waals surface area contributed by atoms with E-state index in [1.807, 2.05) is 32.0 Å². The lowest BCUT2D eigenvalue weighted by Gasteiger charge is -2.14. The molecule has 3 rings (SSSR count). The van der Waals surface area contributed by atoms with E-state index in [1.165, 1.54) is 18.0 Å². The van der Waals surface area contributed by atoms with Crippen LogP contribution in [0.4, 0.5) is 0 Å². The second kappa shape index (κ2) is 6.83. The summed E-state index contributed by atoms with van der Waals surface area (Å²) in [5, 5.41) is 16.5. The molecular formula is C17H15N5O2S. The van der Waals surface area contributed by atoms with Crippen LogP contribution in [0.3, 0.4) is 0 Å². The Hall–Kier alpha value is -3.05. The summed E-state index contributed by atoms with van der Waals surface area (Å²) in [6, 6.07) is 7.62. The van der Waals surface area contributed by atoms with Crippen molar-refractivity contribution in [2.24, 2.45) is 10.9 Å². The summed E-state index contributed by atoms with van der Waals surface area (Å²) in [7, 11) is 0. The van der Waals surface area contributed by atoms with E-state index >= 15 is 0 Å². The Kier molecular flexibility index (Phi) is 4.59. The largest absolute Gasteiger partial charge is 0.489 e. The number of amides is 1. The van der Waals surface area contributed by atoms with Crippen LogP contribution < -0.4 is 15.9 Å². The minimum absolute atomic E-state index is 0.0841. The van der Waals surface area contributed by atoms with Crippen molar-refractivity contribution < 1.29 is 9.53 Å². The van der Waals surface area contributed by atoms with Crippen LogP contribution in [0.1, 0.15) is 25.0 Å². The molecule has 1 saturated heterocycles. The molecule has 0 bridgehead atoms. The van der Waals surface area contributed by atoms with Gasteiger partial charge in [0.05, 0.1) is 16.5 Å². The first-order chi connectivity index (χ1) is 12.0. The van der Waals surface area contributed by atoms with Gasteiger partial charge in [0.15, 0.2) is 5.17 Å². The summed E-state index contributed by atoms with van der Waals surface area (Å²) in [5.74, 6) is 5.44. The lowest BCUT2D eigenvalue weighted by Crippen LogP contribution is -2.20. The average molecular weight is 353 g/mol. The SMILES string of the molecule is CC(C)Oc1c(C#N)cnc2ccc(/C=C3/S/C(=N/N)NC3=O)cc12. The first kappa shape index (κ1) is 16.8. The molecule has 25 heavy (non-hydrogen) atoms. The average Bonchev–Trinajstić information content (AvgIpc) is 2.95. The number of thioether (sulfide) groups is 1. The van der Waals surface area contributed by atoms with Crippen LogP contribution in [0.15, 0.2) is 34.4 Å². The lowest BCUT2D eigenvalue weighted by atomic mass is 10.1. The molecule has 126 valence electrons. The van der Waals surface area contributed by atoms with E-state index in [1.54, 1.807) is 6.08 Å². The topological polar surface area (TPSA) is 113 Å². The molecule has 1 aromatic carbocycles. The fourth-order valence-corrected chi connectivity index (χ4v) is 3.10. The molecule has 1 amide bonds. The van der Waals surface area contributed by atoms with Crippen molar-refractivity contribution in [2.45, 2.75) is 20.0 Å². The highest BCUT2D eigenvalue weighted by Gasteiger charge is 2.23. The van der Waals surface area contributed by atoms with E-state index in [4.69, 9.17) is 10.6 Å². The standard InChI is InChI=1S/C17H15N5O2S/c1-9(2)24-15-11(7-18)8-20-13-4-3-10(5-12(13)15)6-14-16(23)21-17(22-19)25-14/h3-6,8-9H,19H2,1-2H3,(H,21,22,23)/b14-6+. The van der Waals surface area contributed by atoms with Crippen molar-refractivity contribution >= 4 is 39.8 Å². The third-order valence-electron chi connectivity index (χ3n) is 3.38. The number of ether oxygens (including phenoxy) is 1. The van der Waals surface area contributed by atoms with Gasteiger partial charge in [-0.1, -0.05) is 6.07 Å². The van der Waals surface area contributed by atoms with Crippen molar-refractivity contribution in [1.29, 1.82) is 5.26 Å². The van der Waals surface area contributed by atoms with Gasteiger partial charge < -0.3 is 10.6 Å². The second-order valence-electron chi connectivity index (χ2n) is 5.56. The molecule has 0 aliphatic carbocycles. The van der Waals surface area contributed by atoms with E-state index in [2.05, 4.69) is 21.5 Å². The highest BCUT2D eigenvalue weighted by molar-refractivity contribution is 8.18. The summed E-state index contributed by atoms with van der Waals surface area (Å²) in [6.45, 7) is 3.79. The molecule has 8 heteroatoms. The van der Waals surface area contributed by atoms with E-state index in [-0.39, 0.29) is 12.0 Å². The van der Waals surface area contributed by atoms with Crippen LogP contribution in [0.2, 0.25) is 0 Å². The number of pyridine rings is 1. The molecule has 1 fully saturated rings. The van der Waals surface area contributed by atoms with Crippen molar-refractivity contribution in [3.8, 4) is 11.8 Å². The molecule has 1 aliphatic rings. The predicted octanol–water partition coefficient (Wildman–Crippen LogP) is 2.33. The van der Waals surface area contributed by atoms with Gasteiger partial charge in [-0.15, -0.1) is 0 Å². The zero-order valence-electron chi connectivity index (χ0n) is 13.6. The van der Waals surface area contributed by atoms with E-state index in [0.717, 1.165) is 10.9 Å². The molecular weight excluding hydrogens is 338 g/mol. The van der Waals surface area contributed by atoms with Gasteiger partial charge in [0.25, 0.3) is 5.91 Å². The number of benzene rings is 1. The van der Waals surface area contributed by atoms with Crippen molar-refractivity contribution in [2.75, 3.05) is 0 Å². The Morgan fingerprint density at radius 3 is 2.92 bits per heavy atom. The third kappa shape index (κ3) is 3.41. The zero-order chi connectivity index (χ0) is 18.0. The van der Waals surface area contributed by atoms with Crippen LogP contribution in [-0.2, 0) is 4.79 Å². The Morgan fingerprint density at radius 2 is 2.28 bits per heavy atom. The van der Waals surface area contributed by atoms with E-state index < -0.39 is 0 Å². The highest BCUT2D eigenvalue weighted by atomic mass is 32.2. The highest BCUT2D eigenvalue weighted by Crippen LogP contribution is 2.32. The maximum absolute atomic E-state index is 11.9. The van der Waals surface area contributed by atoms with Crippen molar-refractivity contribution in [1.82, 2.24) is 10.3 Å². The summed E-state index contributed by atoms with van der Waals surface area (Å²) in [6.07, 6.45) is 3.15. The monoisotopic (exact) mass is 353 g/mol. The molecule has 1 aromatic heterocycles. The molecule has 0 atom stereocenters. The Morgan fingerprint density at radius 1 is 1.48 bits per heavy atom. The van der Waals surface area contributed by atoms with Crippen LogP contribution in [0, 0.1) is 11.3 Å². The van der Waals surface area contributed by atoms with Crippen LogP contribution in [-0.4, -0.2) is 22.2 Å². The van der Waals surface area contributed by atoms with Gasteiger partial charge in [0, 0.05) is 11.6 Å². The third-order valence-corrected chi connectivity index (χ3v) is 4.31. The van der Waals surface area contributed by atoms with E-state index in [0.29, 0.717) is 26.9 Å². The van der Waals surface area contributed by atoms with Crippen molar-refractivity contribution in [3.63, 3.8) is 0 Å². The maximum atomic E-state index is 11.9. The van der Waals surface area contributed by atoms with Gasteiger partial charge in [-0.2, -0.15) is 10.4 Å². The van der Waals surface area contributed by atoms with Gasteiger partial charge in [-0.25, -0.2) is 0 Å². The summed E-state index contributed by atoms with van der Waals surface area (Å²) >= 11 is 1.17. The Labute approximate surface area is 148 Å². The lowest BCUT2D eigenvalue weighted by molar-refractivity contribution is -0.115. The number of amidine groups is 1. The molecule has 7 nitrogen and oxygen atoms in total. The number of hydrazone groups is 1. The number of carbonyl (C=O) groups excluding carboxylic acids is 1. The smallest absolute Gasteiger partial charge is 0.264 e. The van der Waals surface area contributed by atoms with Gasteiger partial charge in [-0.3, -0.25) is 15.1 Å². The Bertz CT molecular complexity index is 959. The number of hydrogen-bond acceptors (Lipinski definition) is 7. The number of nitrogens with two attached hydrogens (primary N) is 1. The van der Waals surface area contributed by atoms with Gasteiger partial charge in [0.2, 0.25) is 0 Å². The molecule has 3 N–H and O–H groups in total.